The van der Waals surface area contributed by atoms with Crippen molar-refractivity contribution in [1.82, 2.24) is 0 Å². The summed E-state index contributed by atoms with van der Waals surface area (Å²) in [5.41, 5.74) is 6.31. The minimum Gasteiger partial charge on any atom is -0.324 e. The molecule has 1 nitrogen and oxygen atoms in total. The SMILES string of the molecule is Cc1ccc(C(N)C(C)C)c(F)c1F. The Labute approximate surface area is 82.9 Å². The van der Waals surface area contributed by atoms with Gasteiger partial charge in [-0.3, -0.25) is 0 Å². The molecule has 0 amide bonds. The van der Waals surface area contributed by atoms with Crippen LogP contribution in [0.3, 0.4) is 0 Å². The highest BCUT2D eigenvalue weighted by atomic mass is 19.2. The van der Waals surface area contributed by atoms with Gasteiger partial charge in [-0.1, -0.05) is 26.0 Å². The van der Waals surface area contributed by atoms with Gasteiger partial charge in [0.25, 0.3) is 0 Å². The van der Waals surface area contributed by atoms with Crippen molar-refractivity contribution in [3.8, 4) is 0 Å². The minimum atomic E-state index is -0.814. The van der Waals surface area contributed by atoms with E-state index >= 15 is 0 Å². The largest absolute Gasteiger partial charge is 0.324 e. The molecule has 0 aliphatic carbocycles. The van der Waals surface area contributed by atoms with Gasteiger partial charge < -0.3 is 5.73 Å². The molecule has 1 aromatic carbocycles. The molecule has 1 rings (SSSR count). The Balaban J connectivity index is 3.17. The van der Waals surface area contributed by atoms with Gasteiger partial charge in [-0.2, -0.15) is 0 Å². The molecule has 1 unspecified atom stereocenters. The summed E-state index contributed by atoms with van der Waals surface area (Å²) in [4.78, 5) is 0. The molecular weight excluding hydrogens is 184 g/mol. The maximum Gasteiger partial charge on any atom is 0.163 e. The van der Waals surface area contributed by atoms with E-state index in [1.807, 2.05) is 13.8 Å². The molecule has 0 radical (unpaired) electrons. The summed E-state index contributed by atoms with van der Waals surface area (Å²) in [7, 11) is 0. The number of hydrogen-bond donors (Lipinski definition) is 1. The molecule has 0 spiro atoms. The normalized spacial score (nSPS) is 13.4. The van der Waals surface area contributed by atoms with Crippen LogP contribution in [0.2, 0.25) is 0 Å². The third-order valence-electron chi connectivity index (χ3n) is 2.38. The number of aryl methyl sites for hydroxylation is 1. The van der Waals surface area contributed by atoms with Gasteiger partial charge in [-0.25, -0.2) is 8.78 Å². The molecule has 1 atom stereocenters. The topological polar surface area (TPSA) is 26.0 Å². The maximum absolute atomic E-state index is 13.4. The third kappa shape index (κ3) is 1.93. The summed E-state index contributed by atoms with van der Waals surface area (Å²) in [5, 5.41) is 0. The smallest absolute Gasteiger partial charge is 0.163 e. The van der Waals surface area contributed by atoms with E-state index < -0.39 is 17.7 Å². The molecule has 0 aliphatic heterocycles. The Kier molecular flexibility index (Phi) is 3.21. The second kappa shape index (κ2) is 4.05. The van der Waals surface area contributed by atoms with E-state index in [0.29, 0.717) is 5.56 Å². The number of hydrogen-bond acceptors (Lipinski definition) is 1. The van der Waals surface area contributed by atoms with Crippen molar-refractivity contribution < 1.29 is 8.78 Å². The lowest BCUT2D eigenvalue weighted by molar-refractivity contribution is 0.450. The summed E-state index contributed by atoms with van der Waals surface area (Å²) in [6, 6.07) is 2.65. The molecule has 0 bridgehead atoms. The molecule has 0 saturated carbocycles. The lowest BCUT2D eigenvalue weighted by Crippen LogP contribution is -2.19. The predicted molar refractivity (Wildman–Crippen MR) is 52.9 cm³/mol. The highest BCUT2D eigenvalue weighted by Crippen LogP contribution is 2.24. The summed E-state index contributed by atoms with van der Waals surface area (Å²) >= 11 is 0. The first-order chi connectivity index (χ1) is 6.45. The Morgan fingerprint density at radius 1 is 1.14 bits per heavy atom. The van der Waals surface area contributed by atoms with Crippen LogP contribution in [0, 0.1) is 24.5 Å². The van der Waals surface area contributed by atoms with Crippen LogP contribution < -0.4 is 5.73 Å². The first-order valence-electron chi connectivity index (χ1n) is 4.65. The van der Waals surface area contributed by atoms with Crippen molar-refractivity contribution >= 4 is 0 Å². The molecular formula is C11H15F2N. The quantitative estimate of drug-likeness (QED) is 0.778. The first kappa shape index (κ1) is 11.1. The average Bonchev–Trinajstić information content (AvgIpc) is 2.13. The second-order valence-corrected chi connectivity index (χ2v) is 3.87. The van der Waals surface area contributed by atoms with Gasteiger partial charge in [0.05, 0.1) is 0 Å². The lowest BCUT2D eigenvalue weighted by atomic mass is 9.95. The molecule has 1 aromatic rings. The van der Waals surface area contributed by atoms with Crippen molar-refractivity contribution in [1.29, 1.82) is 0 Å². The van der Waals surface area contributed by atoms with Crippen molar-refractivity contribution in [2.45, 2.75) is 26.8 Å². The lowest BCUT2D eigenvalue weighted by Gasteiger charge is -2.17. The van der Waals surface area contributed by atoms with Crippen LogP contribution in [0.1, 0.15) is 31.0 Å². The van der Waals surface area contributed by atoms with Gasteiger partial charge in [-0.15, -0.1) is 0 Å². The van der Waals surface area contributed by atoms with E-state index in [0.717, 1.165) is 0 Å². The summed E-state index contributed by atoms with van der Waals surface area (Å²) in [5.74, 6) is -1.52. The van der Waals surface area contributed by atoms with E-state index in [-0.39, 0.29) is 11.5 Å². The fraction of sp³-hybridized carbons (Fsp3) is 0.455. The first-order valence-corrected chi connectivity index (χ1v) is 4.65. The van der Waals surface area contributed by atoms with Crippen LogP contribution >= 0.6 is 0 Å². The highest BCUT2D eigenvalue weighted by molar-refractivity contribution is 5.27. The number of nitrogens with two attached hydrogens (primary N) is 1. The monoisotopic (exact) mass is 199 g/mol. The Morgan fingerprint density at radius 2 is 1.71 bits per heavy atom. The van der Waals surface area contributed by atoms with Crippen molar-refractivity contribution in [3.05, 3.63) is 34.9 Å². The second-order valence-electron chi connectivity index (χ2n) is 3.87. The van der Waals surface area contributed by atoms with Crippen LogP contribution in [-0.4, -0.2) is 0 Å². The van der Waals surface area contributed by atoms with Gasteiger partial charge in [0.2, 0.25) is 0 Å². The average molecular weight is 199 g/mol. The fourth-order valence-electron chi connectivity index (χ4n) is 1.28. The summed E-state index contributed by atoms with van der Waals surface area (Å²) in [6.45, 7) is 5.28. The van der Waals surface area contributed by atoms with Crippen LogP contribution in [-0.2, 0) is 0 Å². The van der Waals surface area contributed by atoms with Gasteiger partial charge >= 0.3 is 0 Å². The molecule has 78 valence electrons. The van der Waals surface area contributed by atoms with E-state index in [9.17, 15) is 8.78 Å². The molecule has 0 fully saturated rings. The van der Waals surface area contributed by atoms with Crippen molar-refractivity contribution in [2.75, 3.05) is 0 Å². The van der Waals surface area contributed by atoms with Crippen molar-refractivity contribution in [3.63, 3.8) is 0 Å². The zero-order valence-electron chi connectivity index (χ0n) is 8.64. The molecule has 0 aromatic heterocycles. The Bertz CT molecular complexity index is 334. The van der Waals surface area contributed by atoms with Crippen LogP contribution in [0.25, 0.3) is 0 Å². The van der Waals surface area contributed by atoms with Gasteiger partial charge in [-0.05, 0) is 18.4 Å². The third-order valence-corrected chi connectivity index (χ3v) is 2.38. The van der Waals surface area contributed by atoms with E-state index in [4.69, 9.17) is 5.73 Å². The molecule has 2 N–H and O–H groups in total. The summed E-state index contributed by atoms with van der Waals surface area (Å²) < 4.78 is 26.6. The standard InChI is InChI=1S/C11H15F2N/c1-6(2)11(14)8-5-4-7(3)9(12)10(8)13/h4-6,11H,14H2,1-3H3. The zero-order chi connectivity index (χ0) is 10.9. The summed E-state index contributed by atoms with van der Waals surface area (Å²) in [6.07, 6.45) is 0. The predicted octanol–water partition coefficient (Wildman–Crippen LogP) is 2.93. The van der Waals surface area contributed by atoms with E-state index in [1.54, 1.807) is 12.1 Å². The van der Waals surface area contributed by atoms with Crippen molar-refractivity contribution in [2.24, 2.45) is 11.7 Å². The van der Waals surface area contributed by atoms with Crippen LogP contribution in [0.4, 0.5) is 8.78 Å². The van der Waals surface area contributed by atoms with Crippen LogP contribution in [0.5, 0.6) is 0 Å². The highest BCUT2D eigenvalue weighted by Gasteiger charge is 2.18. The fourth-order valence-corrected chi connectivity index (χ4v) is 1.28. The maximum atomic E-state index is 13.4. The Morgan fingerprint density at radius 3 is 2.21 bits per heavy atom. The molecule has 14 heavy (non-hydrogen) atoms. The van der Waals surface area contributed by atoms with Gasteiger partial charge in [0.1, 0.15) is 0 Å². The minimum absolute atomic E-state index is 0.0895. The molecule has 0 heterocycles. The van der Waals surface area contributed by atoms with E-state index in [2.05, 4.69) is 0 Å². The number of benzene rings is 1. The zero-order valence-corrected chi connectivity index (χ0v) is 8.64. The number of rotatable bonds is 2. The van der Waals surface area contributed by atoms with E-state index in [1.165, 1.54) is 6.92 Å². The van der Waals surface area contributed by atoms with Crippen LogP contribution in [0.15, 0.2) is 12.1 Å². The number of halogens is 2. The molecule has 0 aliphatic rings. The molecule has 3 heteroatoms. The van der Waals surface area contributed by atoms with Gasteiger partial charge in [0.15, 0.2) is 11.6 Å². The van der Waals surface area contributed by atoms with Gasteiger partial charge in [0, 0.05) is 11.6 Å². The molecule has 0 saturated heterocycles. The Hall–Kier alpha value is -0.960.